The Hall–Kier alpha value is -2.16. The van der Waals surface area contributed by atoms with Crippen molar-refractivity contribution in [1.29, 1.82) is 0 Å². The van der Waals surface area contributed by atoms with Crippen LogP contribution in [0.3, 0.4) is 0 Å². The molecule has 0 aliphatic heterocycles. The fourth-order valence-electron chi connectivity index (χ4n) is 1.66. The number of aliphatic carboxylic acids is 1. The molecule has 2 aromatic rings. The summed E-state index contributed by atoms with van der Waals surface area (Å²) in [6.45, 7) is 0. The third-order valence-corrected chi connectivity index (χ3v) is 2.47. The summed E-state index contributed by atoms with van der Waals surface area (Å²) in [5.41, 5.74) is 2.39. The van der Waals surface area contributed by atoms with Gasteiger partial charge in [-0.05, 0) is 28.8 Å². The lowest BCUT2D eigenvalue weighted by atomic mass is 10.0. The van der Waals surface area contributed by atoms with E-state index in [1.165, 1.54) is 12.1 Å². The van der Waals surface area contributed by atoms with Crippen LogP contribution in [0, 0.1) is 5.82 Å². The first-order valence-electron chi connectivity index (χ1n) is 5.22. The zero-order valence-electron chi connectivity index (χ0n) is 9.06. The predicted octanol–water partition coefficient (Wildman–Crippen LogP) is 3.76. The van der Waals surface area contributed by atoms with Gasteiger partial charge in [-0.25, -0.2) is 4.39 Å². The van der Waals surface area contributed by atoms with Crippen molar-refractivity contribution < 1.29 is 14.3 Å². The van der Waals surface area contributed by atoms with Crippen LogP contribution in [-0.4, -0.2) is 11.1 Å². The molecule has 0 spiro atoms. The van der Waals surface area contributed by atoms with Crippen molar-refractivity contribution in [3.63, 3.8) is 0 Å². The maximum absolute atomic E-state index is 13.0. The van der Waals surface area contributed by atoms with Gasteiger partial charge in [0.1, 0.15) is 5.82 Å². The van der Waals surface area contributed by atoms with Crippen LogP contribution in [0.25, 0.3) is 11.1 Å². The van der Waals surface area contributed by atoms with Gasteiger partial charge in [-0.1, -0.05) is 43.8 Å². The van der Waals surface area contributed by atoms with Crippen LogP contribution in [0.4, 0.5) is 4.39 Å². The molecule has 0 unspecified atom stereocenters. The highest BCUT2D eigenvalue weighted by molar-refractivity contribution is 5.71. The van der Waals surface area contributed by atoms with Gasteiger partial charge in [-0.2, -0.15) is 0 Å². The van der Waals surface area contributed by atoms with Gasteiger partial charge in [0.15, 0.2) is 0 Å². The van der Waals surface area contributed by atoms with Gasteiger partial charge in [0.05, 0.1) is 6.42 Å². The minimum atomic E-state index is -0.858. The second-order valence-corrected chi connectivity index (χ2v) is 3.78. The minimum absolute atomic E-state index is 0. The lowest BCUT2D eigenvalue weighted by Gasteiger charge is -2.03. The van der Waals surface area contributed by atoms with E-state index < -0.39 is 5.97 Å². The Kier molecular flexibility index (Phi) is 4.60. The van der Waals surface area contributed by atoms with E-state index >= 15 is 0 Å². The number of halogens is 1. The summed E-state index contributed by atoms with van der Waals surface area (Å²) in [7, 11) is 0. The average Bonchev–Trinajstić information content (AvgIpc) is 2.29. The molecule has 0 aliphatic rings. The summed E-state index contributed by atoms with van der Waals surface area (Å²) in [6.07, 6.45) is 0.00340. The first-order chi connectivity index (χ1) is 8.15. The highest BCUT2D eigenvalue weighted by Gasteiger charge is 2.02. The summed E-state index contributed by atoms with van der Waals surface area (Å²) in [4.78, 5) is 10.5. The van der Waals surface area contributed by atoms with E-state index in [0.717, 1.165) is 16.7 Å². The third-order valence-electron chi connectivity index (χ3n) is 2.47. The Balaban J connectivity index is 0.00000162. The predicted molar refractivity (Wildman–Crippen MR) is 69.9 cm³/mol. The summed E-state index contributed by atoms with van der Waals surface area (Å²) in [5, 5.41) is 8.64. The van der Waals surface area contributed by atoms with Crippen LogP contribution in [-0.2, 0) is 11.2 Å². The fourth-order valence-corrected chi connectivity index (χ4v) is 1.66. The number of hydrogen-bond donors (Lipinski definition) is 1. The molecule has 1 N–H and O–H groups in total. The molecular formula is C15H15FO2. The molecule has 0 aliphatic carbocycles. The largest absolute Gasteiger partial charge is 0.481 e. The van der Waals surface area contributed by atoms with E-state index in [9.17, 15) is 9.18 Å². The van der Waals surface area contributed by atoms with Gasteiger partial charge >= 0.3 is 5.97 Å². The first kappa shape index (κ1) is 13.9. The Labute approximate surface area is 106 Å². The zero-order chi connectivity index (χ0) is 12.3. The minimum Gasteiger partial charge on any atom is -0.481 e. The third kappa shape index (κ3) is 3.42. The van der Waals surface area contributed by atoms with E-state index in [4.69, 9.17) is 5.11 Å². The Bertz CT molecular complexity index is 532. The molecule has 0 bridgehead atoms. The molecule has 0 saturated heterocycles. The Morgan fingerprint density at radius 1 is 1.06 bits per heavy atom. The van der Waals surface area contributed by atoms with E-state index in [1.54, 1.807) is 30.3 Å². The van der Waals surface area contributed by atoms with Crippen molar-refractivity contribution in [3.05, 3.63) is 59.9 Å². The topological polar surface area (TPSA) is 37.3 Å². The average molecular weight is 246 g/mol. The maximum atomic E-state index is 13.0. The molecule has 0 fully saturated rings. The van der Waals surface area contributed by atoms with E-state index in [-0.39, 0.29) is 19.7 Å². The highest BCUT2D eigenvalue weighted by Crippen LogP contribution is 2.20. The standard InChI is InChI=1S/C14H11FO2.CH4/c15-13-3-1-2-12(9-13)11-6-4-10(5-7-11)8-14(16)17;/h1-7,9H,8H2,(H,16,17);1H4. The summed E-state index contributed by atoms with van der Waals surface area (Å²) < 4.78 is 13.0. The molecule has 18 heavy (non-hydrogen) atoms. The van der Waals surface area contributed by atoms with Crippen LogP contribution in [0.2, 0.25) is 0 Å². The Morgan fingerprint density at radius 3 is 2.28 bits per heavy atom. The smallest absolute Gasteiger partial charge is 0.307 e. The Morgan fingerprint density at radius 2 is 1.72 bits per heavy atom. The van der Waals surface area contributed by atoms with Crippen LogP contribution in [0.5, 0.6) is 0 Å². The molecule has 0 amide bonds. The maximum Gasteiger partial charge on any atom is 0.307 e. The second-order valence-electron chi connectivity index (χ2n) is 3.78. The van der Waals surface area contributed by atoms with Crippen molar-refractivity contribution in [2.45, 2.75) is 13.8 Å². The highest BCUT2D eigenvalue weighted by atomic mass is 19.1. The van der Waals surface area contributed by atoms with E-state index in [2.05, 4.69) is 0 Å². The molecule has 0 heterocycles. The van der Waals surface area contributed by atoms with Crippen LogP contribution in [0.15, 0.2) is 48.5 Å². The van der Waals surface area contributed by atoms with Crippen molar-refractivity contribution in [2.75, 3.05) is 0 Å². The second kappa shape index (κ2) is 5.96. The SMILES string of the molecule is C.O=C(O)Cc1ccc(-c2cccc(F)c2)cc1. The van der Waals surface area contributed by atoms with Gasteiger partial charge in [-0.3, -0.25) is 4.79 Å². The van der Waals surface area contributed by atoms with Gasteiger partial charge in [-0.15, -0.1) is 0 Å². The molecule has 3 heteroatoms. The summed E-state index contributed by atoms with van der Waals surface area (Å²) in [6, 6.07) is 13.4. The molecule has 2 rings (SSSR count). The number of carboxylic acids is 1. The molecule has 0 saturated carbocycles. The van der Waals surface area contributed by atoms with Crippen LogP contribution in [0.1, 0.15) is 13.0 Å². The molecule has 94 valence electrons. The first-order valence-corrected chi connectivity index (χ1v) is 5.22. The molecule has 0 aromatic heterocycles. The van der Waals surface area contributed by atoms with Crippen LogP contribution < -0.4 is 0 Å². The number of carboxylic acid groups (broad SMARTS) is 1. The van der Waals surface area contributed by atoms with Crippen molar-refractivity contribution in [2.24, 2.45) is 0 Å². The number of benzene rings is 2. The molecule has 0 radical (unpaired) electrons. The van der Waals surface area contributed by atoms with Crippen LogP contribution >= 0.6 is 0 Å². The fraction of sp³-hybridized carbons (Fsp3) is 0.133. The molecule has 0 atom stereocenters. The van der Waals surface area contributed by atoms with E-state index in [1.807, 2.05) is 6.07 Å². The molecular weight excluding hydrogens is 231 g/mol. The summed E-state index contributed by atoms with van der Waals surface area (Å²) in [5.74, 6) is -1.14. The number of hydrogen-bond acceptors (Lipinski definition) is 1. The van der Waals surface area contributed by atoms with Crippen molar-refractivity contribution >= 4 is 5.97 Å². The van der Waals surface area contributed by atoms with Gasteiger partial charge in [0.25, 0.3) is 0 Å². The molecule has 2 nitrogen and oxygen atoms in total. The van der Waals surface area contributed by atoms with Gasteiger partial charge in [0, 0.05) is 0 Å². The number of carbonyl (C=O) groups is 1. The number of rotatable bonds is 3. The zero-order valence-corrected chi connectivity index (χ0v) is 9.06. The normalized spacial score (nSPS) is 9.61. The van der Waals surface area contributed by atoms with Gasteiger partial charge < -0.3 is 5.11 Å². The summed E-state index contributed by atoms with van der Waals surface area (Å²) >= 11 is 0. The van der Waals surface area contributed by atoms with E-state index in [0.29, 0.717) is 0 Å². The van der Waals surface area contributed by atoms with Crippen molar-refractivity contribution in [1.82, 2.24) is 0 Å². The van der Waals surface area contributed by atoms with Crippen molar-refractivity contribution in [3.8, 4) is 11.1 Å². The van der Waals surface area contributed by atoms with Gasteiger partial charge in [0.2, 0.25) is 0 Å². The quantitative estimate of drug-likeness (QED) is 0.895. The molecule has 2 aromatic carbocycles. The lowest BCUT2D eigenvalue weighted by Crippen LogP contribution is -1.99. The lowest BCUT2D eigenvalue weighted by molar-refractivity contribution is -0.136. The monoisotopic (exact) mass is 246 g/mol.